The topological polar surface area (TPSA) is 38.1 Å². The van der Waals surface area contributed by atoms with Gasteiger partial charge in [0.25, 0.3) is 0 Å². The Morgan fingerprint density at radius 3 is 2.42 bits per heavy atom. The zero-order valence-corrected chi connectivity index (χ0v) is 15.9. The van der Waals surface area contributed by atoms with E-state index in [4.69, 9.17) is 0 Å². The normalized spacial score (nSPS) is 18.0. The number of hydrogen-bond acceptors (Lipinski definition) is 2. The highest BCUT2D eigenvalue weighted by Crippen LogP contribution is 2.46. The second-order valence-corrected chi connectivity index (χ2v) is 7.25. The largest absolute Gasteiger partial charge is 0.392 e. The van der Waals surface area contributed by atoms with Crippen LogP contribution in [-0.2, 0) is 0 Å². The van der Waals surface area contributed by atoms with Gasteiger partial charge in [-0.05, 0) is 23.8 Å². The summed E-state index contributed by atoms with van der Waals surface area (Å²) in [5.41, 5.74) is 3.75. The molecule has 1 aliphatic heterocycles. The van der Waals surface area contributed by atoms with Crippen LogP contribution in [0.15, 0.2) is 36.8 Å². The number of hydrogen-bond donors (Lipinski definition) is 1. The molecule has 132 valence electrons. The van der Waals surface area contributed by atoms with Gasteiger partial charge >= 0.3 is 0 Å². The molecule has 2 heterocycles. The van der Waals surface area contributed by atoms with Gasteiger partial charge < -0.3 is 9.67 Å². The Labute approximate surface area is 146 Å². The fraction of sp³-hybridized carbons (Fsp3) is 0.571. The van der Waals surface area contributed by atoms with Gasteiger partial charge in [-0.2, -0.15) is 0 Å². The fourth-order valence-electron chi connectivity index (χ4n) is 3.80. The molecule has 3 nitrogen and oxygen atoms in total. The summed E-state index contributed by atoms with van der Waals surface area (Å²) in [6, 6.07) is 8.73. The summed E-state index contributed by atoms with van der Waals surface area (Å²) in [5.74, 6) is 1.01. The zero-order valence-electron chi connectivity index (χ0n) is 15.9. The van der Waals surface area contributed by atoms with E-state index < -0.39 is 0 Å². The minimum Gasteiger partial charge on any atom is -0.392 e. The van der Waals surface area contributed by atoms with Gasteiger partial charge in [0.2, 0.25) is 0 Å². The van der Waals surface area contributed by atoms with Crippen molar-refractivity contribution in [1.82, 2.24) is 9.55 Å². The number of benzene rings is 1. The summed E-state index contributed by atoms with van der Waals surface area (Å²) >= 11 is 0. The molecular weight excluding hydrogens is 296 g/mol. The van der Waals surface area contributed by atoms with Crippen LogP contribution >= 0.6 is 0 Å². The van der Waals surface area contributed by atoms with E-state index >= 15 is 0 Å². The van der Waals surface area contributed by atoms with E-state index in [-0.39, 0.29) is 24.0 Å². The summed E-state index contributed by atoms with van der Waals surface area (Å²) in [7, 11) is 0. The first-order valence-corrected chi connectivity index (χ1v) is 9.30. The van der Waals surface area contributed by atoms with E-state index in [0.29, 0.717) is 5.92 Å². The van der Waals surface area contributed by atoms with E-state index in [2.05, 4.69) is 61.5 Å². The standard InChI is InChI=1S/C19H26N2O.C2H6/c1-12(2)9-16(19(22)13(3)4)18-15-8-6-5-7-14(15)17-10-20-11-21(17)18;1-2/h5-8,10-13,16,18-19,22H,9H2,1-4H3;1-2H3/t16-,18-,19-;/m1./s1. The van der Waals surface area contributed by atoms with Crippen LogP contribution in [-0.4, -0.2) is 20.8 Å². The molecule has 1 aliphatic rings. The molecule has 1 aromatic heterocycles. The molecule has 3 heteroatoms. The molecule has 2 aromatic rings. The van der Waals surface area contributed by atoms with E-state index in [1.165, 1.54) is 16.8 Å². The smallest absolute Gasteiger partial charge is 0.0956 e. The maximum absolute atomic E-state index is 10.9. The van der Waals surface area contributed by atoms with Crippen LogP contribution in [0, 0.1) is 17.8 Å². The van der Waals surface area contributed by atoms with E-state index in [9.17, 15) is 5.11 Å². The van der Waals surface area contributed by atoms with Crippen molar-refractivity contribution in [2.75, 3.05) is 0 Å². The van der Waals surface area contributed by atoms with Gasteiger partial charge in [0, 0.05) is 11.5 Å². The van der Waals surface area contributed by atoms with Crippen molar-refractivity contribution in [3.8, 4) is 11.3 Å². The van der Waals surface area contributed by atoms with Crippen molar-refractivity contribution < 1.29 is 5.11 Å². The number of nitrogens with zero attached hydrogens (tertiary/aromatic N) is 2. The zero-order chi connectivity index (χ0) is 17.9. The fourth-order valence-corrected chi connectivity index (χ4v) is 3.80. The number of aliphatic hydroxyl groups is 1. The highest BCUT2D eigenvalue weighted by atomic mass is 16.3. The monoisotopic (exact) mass is 328 g/mol. The lowest BCUT2D eigenvalue weighted by atomic mass is 9.79. The second-order valence-electron chi connectivity index (χ2n) is 7.25. The molecule has 0 bridgehead atoms. The molecule has 24 heavy (non-hydrogen) atoms. The average molecular weight is 329 g/mol. The molecule has 1 aromatic carbocycles. The molecule has 0 radical (unpaired) electrons. The molecule has 0 aliphatic carbocycles. The number of rotatable bonds is 5. The molecule has 0 spiro atoms. The molecular formula is C21H32N2O. The average Bonchev–Trinajstić information content (AvgIpc) is 3.14. The Kier molecular flexibility index (Phi) is 6.22. The number of aromatic nitrogens is 2. The summed E-state index contributed by atoms with van der Waals surface area (Å²) in [4.78, 5) is 4.34. The van der Waals surface area contributed by atoms with Gasteiger partial charge in [0.1, 0.15) is 0 Å². The second kappa shape index (κ2) is 7.98. The van der Waals surface area contributed by atoms with E-state index in [1.54, 1.807) is 0 Å². The lowest BCUT2D eigenvalue weighted by molar-refractivity contribution is 0.0364. The van der Waals surface area contributed by atoms with Gasteiger partial charge in [-0.25, -0.2) is 4.98 Å². The molecule has 0 saturated carbocycles. The van der Waals surface area contributed by atoms with E-state index in [1.807, 2.05) is 26.4 Å². The quantitative estimate of drug-likeness (QED) is 0.823. The maximum atomic E-state index is 10.9. The summed E-state index contributed by atoms with van der Waals surface area (Å²) < 4.78 is 2.25. The molecule has 0 saturated heterocycles. The lowest BCUT2D eigenvalue weighted by Gasteiger charge is -2.33. The third kappa shape index (κ3) is 3.41. The van der Waals surface area contributed by atoms with Crippen LogP contribution in [0.25, 0.3) is 11.3 Å². The minimum atomic E-state index is -0.311. The number of fused-ring (bicyclic) bond motifs is 3. The van der Waals surface area contributed by atoms with Crippen molar-refractivity contribution in [2.45, 2.75) is 60.1 Å². The Hall–Kier alpha value is -1.61. The van der Waals surface area contributed by atoms with Crippen molar-refractivity contribution in [1.29, 1.82) is 0 Å². The molecule has 3 rings (SSSR count). The highest BCUT2D eigenvalue weighted by Gasteiger charge is 2.38. The number of aliphatic hydroxyl groups excluding tert-OH is 1. The van der Waals surface area contributed by atoms with Crippen LogP contribution < -0.4 is 0 Å². The van der Waals surface area contributed by atoms with Gasteiger partial charge in [-0.15, -0.1) is 0 Å². The first-order valence-electron chi connectivity index (χ1n) is 9.30. The van der Waals surface area contributed by atoms with Gasteiger partial charge in [0.15, 0.2) is 0 Å². The molecule has 0 fully saturated rings. The lowest BCUT2D eigenvalue weighted by Crippen LogP contribution is -2.34. The summed E-state index contributed by atoms with van der Waals surface area (Å²) in [6.45, 7) is 12.7. The maximum Gasteiger partial charge on any atom is 0.0956 e. The Morgan fingerprint density at radius 2 is 1.79 bits per heavy atom. The van der Waals surface area contributed by atoms with Crippen LogP contribution in [0.5, 0.6) is 0 Å². The van der Waals surface area contributed by atoms with Gasteiger partial charge in [0.05, 0.1) is 30.4 Å². The van der Waals surface area contributed by atoms with Crippen LogP contribution in [0.1, 0.15) is 59.6 Å². The first-order chi connectivity index (χ1) is 11.5. The SMILES string of the molecule is CC.CC(C)C[C@@H]([C@H](O)C(C)C)[C@H]1c2ccccc2-c2cncn21. The van der Waals surface area contributed by atoms with Gasteiger partial charge in [-0.1, -0.05) is 65.8 Å². The van der Waals surface area contributed by atoms with Crippen molar-refractivity contribution in [2.24, 2.45) is 17.8 Å². The summed E-state index contributed by atoms with van der Waals surface area (Å²) in [6.07, 6.45) is 4.55. The molecule has 0 unspecified atom stereocenters. The Morgan fingerprint density at radius 1 is 1.12 bits per heavy atom. The van der Waals surface area contributed by atoms with Crippen molar-refractivity contribution >= 4 is 0 Å². The van der Waals surface area contributed by atoms with Crippen LogP contribution in [0.3, 0.4) is 0 Å². The van der Waals surface area contributed by atoms with Crippen molar-refractivity contribution in [3.05, 3.63) is 42.4 Å². The third-order valence-electron chi connectivity index (χ3n) is 4.79. The Balaban J connectivity index is 0.00000100. The predicted octanol–water partition coefficient (Wildman–Crippen LogP) is 5.16. The predicted molar refractivity (Wildman–Crippen MR) is 101 cm³/mol. The third-order valence-corrected chi connectivity index (χ3v) is 4.79. The van der Waals surface area contributed by atoms with E-state index in [0.717, 1.165) is 6.42 Å². The highest BCUT2D eigenvalue weighted by molar-refractivity contribution is 5.69. The molecule has 3 atom stereocenters. The summed E-state index contributed by atoms with van der Waals surface area (Å²) in [5, 5.41) is 10.9. The van der Waals surface area contributed by atoms with Gasteiger partial charge in [-0.3, -0.25) is 0 Å². The van der Waals surface area contributed by atoms with Crippen LogP contribution in [0.4, 0.5) is 0 Å². The van der Waals surface area contributed by atoms with Crippen LogP contribution in [0.2, 0.25) is 0 Å². The number of imidazole rings is 1. The Bertz CT molecular complexity index is 645. The van der Waals surface area contributed by atoms with Crippen molar-refractivity contribution in [3.63, 3.8) is 0 Å². The molecule has 0 amide bonds. The minimum absolute atomic E-state index is 0.188. The first kappa shape index (κ1) is 18.7. The molecule has 1 N–H and O–H groups in total.